The molecule has 160 valence electrons. The van der Waals surface area contributed by atoms with Gasteiger partial charge in [0.2, 0.25) is 15.9 Å². The first-order chi connectivity index (χ1) is 13.8. The summed E-state index contributed by atoms with van der Waals surface area (Å²) >= 11 is 0. The Morgan fingerprint density at radius 1 is 1.21 bits per heavy atom. The summed E-state index contributed by atoms with van der Waals surface area (Å²) in [6.45, 7) is 5.10. The molecule has 1 amide bonds. The first-order valence-corrected chi connectivity index (χ1v) is 11.1. The van der Waals surface area contributed by atoms with Gasteiger partial charge in [-0.25, -0.2) is 8.42 Å². The second kappa shape index (κ2) is 9.16. The fourth-order valence-electron chi connectivity index (χ4n) is 3.58. The van der Waals surface area contributed by atoms with E-state index in [1.54, 1.807) is 4.90 Å². The van der Waals surface area contributed by atoms with Crippen LogP contribution in [0.4, 0.5) is 5.69 Å². The molecule has 1 aromatic rings. The number of amides is 1. The van der Waals surface area contributed by atoms with Crippen LogP contribution in [0, 0.1) is 10.1 Å². The maximum atomic E-state index is 12.9. The molecule has 1 aromatic carbocycles. The van der Waals surface area contributed by atoms with Crippen molar-refractivity contribution in [3.63, 3.8) is 0 Å². The molecule has 1 unspecified atom stereocenters. The van der Waals surface area contributed by atoms with E-state index in [0.717, 1.165) is 6.42 Å². The molecule has 0 aliphatic carbocycles. The quantitative estimate of drug-likeness (QED) is 0.482. The van der Waals surface area contributed by atoms with Crippen LogP contribution in [0.1, 0.15) is 13.3 Å². The van der Waals surface area contributed by atoms with Gasteiger partial charge in [-0.15, -0.1) is 0 Å². The molecule has 2 aliphatic heterocycles. The summed E-state index contributed by atoms with van der Waals surface area (Å²) in [5, 5.41) is 11.2. The fourth-order valence-corrected chi connectivity index (χ4v) is 5.16. The van der Waals surface area contributed by atoms with E-state index in [-0.39, 0.29) is 36.5 Å². The average molecular weight is 426 g/mol. The Hall–Kier alpha value is -2.08. The van der Waals surface area contributed by atoms with Crippen molar-refractivity contribution in [2.24, 2.45) is 0 Å². The molecule has 3 rings (SSSR count). The van der Waals surface area contributed by atoms with Gasteiger partial charge in [0, 0.05) is 45.3 Å². The third-order valence-corrected chi connectivity index (χ3v) is 7.26. The number of para-hydroxylation sites is 1. The summed E-state index contributed by atoms with van der Waals surface area (Å²) in [6, 6.07) is 5.36. The lowest BCUT2D eigenvalue weighted by Gasteiger charge is -2.36. The normalized spacial score (nSPS) is 21.8. The number of nitro benzene ring substituents is 1. The van der Waals surface area contributed by atoms with Crippen LogP contribution >= 0.6 is 0 Å². The molecule has 2 fully saturated rings. The standard InChI is InChI=1S/C18H26N4O6S/c1-2-15-13-20(11-12-28-15)18(23)14-19-7-9-21(10-8-19)29(26,27)17-6-4-3-5-16(17)22(24)25/h3-6,15H,2,7-14H2,1H3. The summed E-state index contributed by atoms with van der Waals surface area (Å²) in [4.78, 5) is 26.5. The molecule has 0 aromatic heterocycles. The summed E-state index contributed by atoms with van der Waals surface area (Å²) in [5.41, 5.74) is -0.428. The highest BCUT2D eigenvalue weighted by Crippen LogP contribution is 2.26. The van der Waals surface area contributed by atoms with Crippen molar-refractivity contribution in [2.75, 3.05) is 52.4 Å². The summed E-state index contributed by atoms with van der Waals surface area (Å²) in [7, 11) is -3.97. The Balaban J connectivity index is 1.59. The zero-order chi connectivity index (χ0) is 21.0. The van der Waals surface area contributed by atoms with Crippen LogP contribution in [0.15, 0.2) is 29.2 Å². The highest BCUT2D eigenvalue weighted by Gasteiger charge is 2.34. The van der Waals surface area contributed by atoms with E-state index in [2.05, 4.69) is 0 Å². The zero-order valence-electron chi connectivity index (χ0n) is 16.4. The van der Waals surface area contributed by atoms with Crippen LogP contribution in [0.5, 0.6) is 0 Å². The van der Waals surface area contributed by atoms with Crippen LogP contribution in [0.25, 0.3) is 0 Å². The number of nitro groups is 1. The summed E-state index contributed by atoms with van der Waals surface area (Å²) < 4.78 is 32.6. The van der Waals surface area contributed by atoms with Gasteiger partial charge < -0.3 is 9.64 Å². The van der Waals surface area contributed by atoms with E-state index in [9.17, 15) is 23.3 Å². The molecule has 0 spiro atoms. The van der Waals surface area contributed by atoms with Crippen molar-refractivity contribution in [2.45, 2.75) is 24.3 Å². The van der Waals surface area contributed by atoms with Crippen LogP contribution in [0.3, 0.4) is 0 Å². The first kappa shape index (κ1) is 21.6. The number of hydrogen-bond donors (Lipinski definition) is 0. The SMILES string of the molecule is CCC1CN(C(=O)CN2CCN(S(=O)(=O)c3ccccc3[N+](=O)[O-])CC2)CCO1. The van der Waals surface area contributed by atoms with E-state index < -0.39 is 20.6 Å². The van der Waals surface area contributed by atoms with Gasteiger partial charge >= 0.3 is 0 Å². The van der Waals surface area contributed by atoms with Gasteiger partial charge in [-0.2, -0.15) is 4.31 Å². The molecule has 0 saturated carbocycles. The average Bonchev–Trinajstić information content (AvgIpc) is 2.74. The Kier molecular flexibility index (Phi) is 6.83. The van der Waals surface area contributed by atoms with E-state index in [0.29, 0.717) is 32.8 Å². The number of hydrogen-bond acceptors (Lipinski definition) is 7. The van der Waals surface area contributed by atoms with Gasteiger partial charge in [0.25, 0.3) is 5.69 Å². The van der Waals surface area contributed by atoms with Crippen molar-refractivity contribution >= 4 is 21.6 Å². The maximum Gasteiger partial charge on any atom is 0.289 e. The molecule has 1 atom stereocenters. The predicted octanol–water partition coefficient (Wildman–Crippen LogP) is 0.539. The molecule has 10 nitrogen and oxygen atoms in total. The number of ether oxygens (including phenoxy) is 1. The fraction of sp³-hybridized carbons (Fsp3) is 0.611. The molecule has 2 aliphatic rings. The molecule has 0 radical (unpaired) electrons. The third-order valence-electron chi connectivity index (χ3n) is 5.32. The van der Waals surface area contributed by atoms with Crippen LogP contribution < -0.4 is 0 Å². The van der Waals surface area contributed by atoms with Crippen LogP contribution in [0.2, 0.25) is 0 Å². The number of morpholine rings is 1. The van der Waals surface area contributed by atoms with Crippen molar-refractivity contribution in [1.29, 1.82) is 0 Å². The number of carbonyl (C=O) groups excluding carboxylic acids is 1. The monoisotopic (exact) mass is 426 g/mol. The largest absolute Gasteiger partial charge is 0.375 e. The van der Waals surface area contributed by atoms with Crippen molar-refractivity contribution in [3.8, 4) is 0 Å². The van der Waals surface area contributed by atoms with Crippen molar-refractivity contribution < 1.29 is 22.9 Å². The Labute approximate surface area is 170 Å². The topological polar surface area (TPSA) is 113 Å². The lowest BCUT2D eigenvalue weighted by Crippen LogP contribution is -2.53. The second-order valence-electron chi connectivity index (χ2n) is 7.15. The highest BCUT2D eigenvalue weighted by molar-refractivity contribution is 7.89. The predicted molar refractivity (Wildman–Crippen MR) is 105 cm³/mol. The summed E-state index contributed by atoms with van der Waals surface area (Å²) in [5.74, 6) is 0.0155. The molecule has 29 heavy (non-hydrogen) atoms. The van der Waals surface area contributed by atoms with Gasteiger partial charge in [-0.05, 0) is 12.5 Å². The molecule has 11 heteroatoms. The molecule has 2 saturated heterocycles. The van der Waals surface area contributed by atoms with E-state index >= 15 is 0 Å². The molecular formula is C18H26N4O6S. The second-order valence-corrected chi connectivity index (χ2v) is 9.05. The van der Waals surface area contributed by atoms with E-state index in [4.69, 9.17) is 4.74 Å². The third kappa shape index (κ3) is 4.92. The van der Waals surface area contributed by atoms with E-state index in [1.807, 2.05) is 11.8 Å². The highest BCUT2D eigenvalue weighted by atomic mass is 32.2. The number of sulfonamides is 1. The smallest absolute Gasteiger partial charge is 0.289 e. The number of nitrogens with zero attached hydrogens (tertiary/aromatic N) is 4. The molecule has 2 heterocycles. The number of piperazine rings is 1. The minimum absolute atomic E-state index is 0.0155. The van der Waals surface area contributed by atoms with Crippen molar-refractivity contribution in [1.82, 2.24) is 14.1 Å². The molecule has 0 N–H and O–H groups in total. The first-order valence-electron chi connectivity index (χ1n) is 9.68. The number of rotatable bonds is 6. The van der Waals surface area contributed by atoms with Crippen molar-refractivity contribution in [3.05, 3.63) is 34.4 Å². The zero-order valence-corrected chi connectivity index (χ0v) is 17.2. The lowest BCUT2D eigenvalue weighted by molar-refractivity contribution is -0.387. The Morgan fingerprint density at radius 2 is 1.90 bits per heavy atom. The van der Waals surface area contributed by atoms with Gasteiger partial charge in [-0.1, -0.05) is 19.1 Å². The minimum atomic E-state index is -3.97. The Morgan fingerprint density at radius 3 is 2.55 bits per heavy atom. The Bertz CT molecular complexity index is 854. The number of benzene rings is 1. The summed E-state index contributed by atoms with van der Waals surface area (Å²) in [6.07, 6.45) is 0.919. The lowest BCUT2D eigenvalue weighted by atomic mass is 10.2. The molecular weight excluding hydrogens is 400 g/mol. The maximum absolute atomic E-state index is 12.9. The van der Waals surface area contributed by atoms with Gasteiger partial charge in [0.1, 0.15) is 0 Å². The van der Waals surface area contributed by atoms with Gasteiger partial charge in [0.05, 0.1) is 24.2 Å². The van der Waals surface area contributed by atoms with Gasteiger partial charge in [-0.3, -0.25) is 19.8 Å². The molecule has 0 bridgehead atoms. The minimum Gasteiger partial charge on any atom is -0.375 e. The van der Waals surface area contributed by atoms with Crippen LogP contribution in [-0.2, 0) is 19.6 Å². The van der Waals surface area contributed by atoms with Gasteiger partial charge in [0.15, 0.2) is 4.90 Å². The number of carbonyl (C=O) groups is 1. The van der Waals surface area contributed by atoms with Crippen LogP contribution in [-0.4, -0.2) is 91.9 Å². The van der Waals surface area contributed by atoms with E-state index in [1.165, 1.54) is 28.6 Å².